The minimum atomic E-state index is 0.349. The predicted octanol–water partition coefficient (Wildman–Crippen LogP) is 3.34. The van der Waals surface area contributed by atoms with Crippen LogP contribution < -0.4 is 10.1 Å². The average Bonchev–Trinajstić information content (AvgIpc) is 2.36. The van der Waals surface area contributed by atoms with Crippen molar-refractivity contribution in [3.05, 3.63) is 27.8 Å². The minimum Gasteiger partial charge on any atom is -0.496 e. The molecule has 1 aromatic rings. The van der Waals surface area contributed by atoms with Gasteiger partial charge in [0.15, 0.2) is 0 Å². The van der Waals surface area contributed by atoms with E-state index in [-0.39, 0.29) is 0 Å². The van der Waals surface area contributed by atoms with Crippen LogP contribution in [-0.2, 0) is 0 Å². The van der Waals surface area contributed by atoms with E-state index in [2.05, 4.69) is 12.2 Å². The quantitative estimate of drug-likeness (QED) is 0.891. The highest BCUT2D eigenvalue weighted by atomic mass is 35.5. The molecule has 1 aliphatic heterocycles. The Labute approximate surface area is 112 Å². The van der Waals surface area contributed by atoms with E-state index < -0.39 is 0 Å². The normalized spacial score (nSPS) is 20.4. The molecule has 0 amide bonds. The fourth-order valence-electron chi connectivity index (χ4n) is 2.29. The van der Waals surface area contributed by atoms with E-state index in [1.165, 1.54) is 11.3 Å². The lowest BCUT2D eigenvalue weighted by Gasteiger charge is -2.27. The number of hydrogen-bond donors (Lipinski definition) is 1. The number of rotatable bonds is 2. The summed E-state index contributed by atoms with van der Waals surface area (Å²) in [5.41, 5.74) is 3.44. The highest BCUT2D eigenvalue weighted by Crippen LogP contribution is 2.37. The number of ether oxygens (including phenoxy) is 1. The van der Waals surface area contributed by atoms with Crippen molar-refractivity contribution in [2.45, 2.75) is 19.9 Å². The predicted molar refractivity (Wildman–Crippen MR) is 75.5 cm³/mol. The summed E-state index contributed by atoms with van der Waals surface area (Å²) in [6, 6.07) is 2.38. The SMILES string of the molecule is COc1cc(C)c(Cl)c(C)c1C1CSCCN1. The molecule has 2 rings (SSSR count). The van der Waals surface area contributed by atoms with Crippen LogP contribution in [0.3, 0.4) is 0 Å². The highest BCUT2D eigenvalue weighted by molar-refractivity contribution is 7.99. The fraction of sp³-hybridized carbons (Fsp3) is 0.538. The molecule has 0 saturated carbocycles. The Balaban J connectivity index is 2.46. The van der Waals surface area contributed by atoms with Crippen molar-refractivity contribution in [3.8, 4) is 5.75 Å². The summed E-state index contributed by atoms with van der Waals surface area (Å²) in [5.74, 6) is 3.21. The van der Waals surface area contributed by atoms with Gasteiger partial charge in [0.2, 0.25) is 0 Å². The van der Waals surface area contributed by atoms with Gasteiger partial charge < -0.3 is 10.1 Å². The number of nitrogens with one attached hydrogen (secondary N) is 1. The molecule has 1 aliphatic rings. The second-order valence-electron chi connectivity index (χ2n) is 4.33. The molecular weight excluding hydrogens is 254 g/mol. The Morgan fingerprint density at radius 3 is 2.82 bits per heavy atom. The van der Waals surface area contributed by atoms with Crippen molar-refractivity contribution in [1.29, 1.82) is 0 Å². The van der Waals surface area contributed by atoms with Crippen LogP contribution in [-0.4, -0.2) is 25.2 Å². The van der Waals surface area contributed by atoms with E-state index in [1.54, 1.807) is 7.11 Å². The summed E-state index contributed by atoms with van der Waals surface area (Å²) in [7, 11) is 1.72. The van der Waals surface area contributed by atoms with E-state index >= 15 is 0 Å². The first kappa shape index (κ1) is 13.1. The van der Waals surface area contributed by atoms with Gasteiger partial charge in [-0.05, 0) is 31.0 Å². The Kier molecular flexibility index (Phi) is 4.23. The molecule has 0 aromatic heterocycles. The van der Waals surface area contributed by atoms with Crippen LogP contribution in [0.1, 0.15) is 22.7 Å². The van der Waals surface area contributed by atoms with Gasteiger partial charge in [-0.15, -0.1) is 0 Å². The Morgan fingerprint density at radius 1 is 1.47 bits per heavy atom. The van der Waals surface area contributed by atoms with E-state index in [9.17, 15) is 0 Å². The smallest absolute Gasteiger partial charge is 0.124 e. The summed E-state index contributed by atoms with van der Waals surface area (Å²) >= 11 is 8.32. The molecular formula is C13H18ClNOS. The van der Waals surface area contributed by atoms with Crippen molar-refractivity contribution in [2.75, 3.05) is 25.2 Å². The molecule has 0 aliphatic carbocycles. The lowest BCUT2D eigenvalue weighted by molar-refractivity contribution is 0.401. The standard InChI is InChI=1S/C13H18ClNOS/c1-8-6-11(16-3)12(9(2)13(8)14)10-7-17-5-4-15-10/h6,10,15H,4-5,7H2,1-3H3. The molecule has 4 heteroatoms. The second-order valence-corrected chi connectivity index (χ2v) is 5.86. The van der Waals surface area contributed by atoms with Crippen molar-refractivity contribution >= 4 is 23.4 Å². The first-order valence-corrected chi connectivity index (χ1v) is 7.33. The minimum absolute atomic E-state index is 0.349. The number of methoxy groups -OCH3 is 1. The van der Waals surface area contributed by atoms with Gasteiger partial charge in [-0.3, -0.25) is 0 Å². The van der Waals surface area contributed by atoms with E-state index in [1.807, 2.05) is 24.8 Å². The van der Waals surface area contributed by atoms with Gasteiger partial charge in [-0.2, -0.15) is 11.8 Å². The zero-order valence-electron chi connectivity index (χ0n) is 10.5. The lowest BCUT2D eigenvalue weighted by Crippen LogP contribution is -2.31. The van der Waals surface area contributed by atoms with Gasteiger partial charge in [0.25, 0.3) is 0 Å². The lowest BCUT2D eigenvalue weighted by atomic mass is 9.98. The summed E-state index contributed by atoms with van der Waals surface area (Å²) in [4.78, 5) is 0. The summed E-state index contributed by atoms with van der Waals surface area (Å²) in [6.45, 7) is 5.14. The van der Waals surface area contributed by atoms with Gasteiger partial charge in [0, 0.05) is 34.7 Å². The van der Waals surface area contributed by atoms with Crippen molar-refractivity contribution < 1.29 is 4.74 Å². The summed E-state index contributed by atoms with van der Waals surface area (Å²) < 4.78 is 5.51. The van der Waals surface area contributed by atoms with Crippen LogP contribution in [0.5, 0.6) is 5.75 Å². The molecule has 0 spiro atoms. The summed E-state index contributed by atoms with van der Waals surface area (Å²) in [5, 5.41) is 4.40. The topological polar surface area (TPSA) is 21.3 Å². The maximum Gasteiger partial charge on any atom is 0.124 e. The first-order chi connectivity index (χ1) is 8.15. The van der Waals surface area contributed by atoms with Crippen molar-refractivity contribution in [1.82, 2.24) is 5.32 Å². The summed E-state index contributed by atoms with van der Waals surface area (Å²) in [6.07, 6.45) is 0. The maximum atomic E-state index is 6.34. The van der Waals surface area contributed by atoms with E-state index in [4.69, 9.17) is 16.3 Å². The average molecular weight is 272 g/mol. The highest BCUT2D eigenvalue weighted by Gasteiger charge is 2.23. The van der Waals surface area contributed by atoms with Gasteiger partial charge in [0.05, 0.1) is 7.11 Å². The third kappa shape index (κ3) is 2.56. The molecule has 0 radical (unpaired) electrons. The van der Waals surface area contributed by atoms with Crippen molar-refractivity contribution in [3.63, 3.8) is 0 Å². The van der Waals surface area contributed by atoms with E-state index in [0.717, 1.165) is 34.2 Å². The zero-order valence-corrected chi connectivity index (χ0v) is 12.0. The second kappa shape index (κ2) is 5.51. The van der Waals surface area contributed by atoms with Gasteiger partial charge in [-0.25, -0.2) is 0 Å². The largest absolute Gasteiger partial charge is 0.496 e. The molecule has 1 heterocycles. The molecule has 1 fully saturated rings. The van der Waals surface area contributed by atoms with Crippen LogP contribution in [0.2, 0.25) is 5.02 Å². The molecule has 1 aromatic carbocycles. The molecule has 1 atom stereocenters. The molecule has 0 bridgehead atoms. The van der Waals surface area contributed by atoms with Gasteiger partial charge in [-0.1, -0.05) is 11.6 Å². The molecule has 17 heavy (non-hydrogen) atoms. The first-order valence-electron chi connectivity index (χ1n) is 5.80. The number of benzene rings is 1. The molecule has 94 valence electrons. The zero-order chi connectivity index (χ0) is 12.4. The van der Waals surface area contributed by atoms with Crippen LogP contribution in [0.15, 0.2) is 6.07 Å². The molecule has 1 unspecified atom stereocenters. The number of thioether (sulfide) groups is 1. The third-order valence-corrected chi connectivity index (χ3v) is 4.83. The maximum absolute atomic E-state index is 6.34. The van der Waals surface area contributed by atoms with Crippen LogP contribution in [0, 0.1) is 13.8 Å². The number of halogens is 1. The third-order valence-electron chi connectivity index (χ3n) is 3.18. The Morgan fingerprint density at radius 2 is 2.24 bits per heavy atom. The number of aryl methyl sites for hydroxylation is 1. The fourth-order valence-corrected chi connectivity index (χ4v) is 3.39. The molecule has 1 N–H and O–H groups in total. The van der Waals surface area contributed by atoms with Gasteiger partial charge in [0.1, 0.15) is 5.75 Å². The van der Waals surface area contributed by atoms with Crippen LogP contribution in [0.4, 0.5) is 0 Å². The monoisotopic (exact) mass is 271 g/mol. The van der Waals surface area contributed by atoms with Gasteiger partial charge >= 0.3 is 0 Å². The Hall–Kier alpha value is -0.380. The Bertz CT molecular complexity index is 416. The van der Waals surface area contributed by atoms with Crippen molar-refractivity contribution in [2.24, 2.45) is 0 Å². The molecule has 2 nitrogen and oxygen atoms in total. The van der Waals surface area contributed by atoms with Crippen LogP contribution in [0.25, 0.3) is 0 Å². The van der Waals surface area contributed by atoms with E-state index in [0.29, 0.717) is 6.04 Å². The molecule has 1 saturated heterocycles. The number of hydrogen-bond acceptors (Lipinski definition) is 3. The van der Waals surface area contributed by atoms with Crippen LogP contribution >= 0.6 is 23.4 Å².